The van der Waals surface area contributed by atoms with Crippen LogP contribution in [-0.2, 0) is 9.53 Å². The number of aliphatic hydroxyl groups is 1. The zero-order chi connectivity index (χ0) is 15.0. The molecule has 1 N–H and O–H groups in total. The number of unbranched alkanes of at least 4 members (excludes halogenated alkanes) is 1. The lowest BCUT2D eigenvalue weighted by Crippen LogP contribution is -2.09. The highest BCUT2D eigenvalue weighted by atomic mass is 16.6. The highest BCUT2D eigenvalue weighted by Crippen LogP contribution is 2.12. The minimum Gasteiger partial charge on any atom is -0.462 e. The summed E-state index contributed by atoms with van der Waals surface area (Å²) in [6.07, 6.45) is 0.916. The predicted octanol–water partition coefficient (Wildman–Crippen LogP) is 1.48. The van der Waals surface area contributed by atoms with E-state index in [1.165, 1.54) is 24.3 Å². The number of esters is 1. The zero-order valence-electron chi connectivity index (χ0n) is 10.7. The van der Waals surface area contributed by atoms with E-state index in [0.29, 0.717) is 25.5 Å². The summed E-state index contributed by atoms with van der Waals surface area (Å²) >= 11 is 0. The summed E-state index contributed by atoms with van der Waals surface area (Å²) in [5.41, 5.74) is 0.146. The number of carbonyl (C=O) groups is 2. The Morgan fingerprint density at radius 1 is 1.35 bits per heavy atom. The van der Waals surface area contributed by atoms with Gasteiger partial charge in [0.1, 0.15) is 12.4 Å². The fourth-order valence-corrected chi connectivity index (χ4v) is 1.49. The number of non-ortho nitro benzene ring substituents is 1. The Labute approximate surface area is 115 Å². The molecule has 1 atom stereocenters. The molecule has 0 bridgehead atoms. The number of aliphatic hydroxyl groups excluding tert-OH is 1. The van der Waals surface area contributed by atoms with Crippen molar-refractivity contribution < 1.29 is 24.4 Å². The van der Waals surface area contributed by atoms with Gasteiger partial charge >= 0.3 is 5.97 Å². The Morgan fingerprint density at radius 3 is 2.55 bits per heavy atom. The van der Waals surface area contributed by atoms with Gasteiger partial charge in [0, 0.05) is 12.1 Å². The fraction of sp³-hybridized carbons (Fsp3) is 0.385. The number of nitrogens with zero attached hydrogens (tertiary/aromatic N) is 1. The molecule has 0 amide bonds. The van der Waals surface area contributed by atoms with Crippen molar-refractivity contribution >= 4 is 17.9 Å². The standard InChI is InChI=1S/C13H15NO6/c15-9-12(16)3-1-2-8-20-13(17)10-4-6-11(7-5-10)14(18)19/h4-7,9,12,16H,1-3,8H2/t12-/m0/s1. The first-order valence-corrected chi connectivity index (χ1v) is 6.09. The second kappa shape index (κ2) is 8.00. The molecule has 0 radical (unpaired) electrons. The molecule has 20 heavy (non-hydrogen) atoms. The first-order valence-electron chi connectivity index (χ1n) is 6.09. The van der Waals surface area contributed by atoms with Gasteiger partial charge in [-0.3, -0.25) is 10.1 Å². The Balaban J connectivity index is 2.32. The van der Waals surface area contributed by atoms with Gasteiger partial charge in [-0.1, -0.05) is 0 Å². The molecule has 0 aliphatic rings. The molecule has 0 aromatic heterocycles. The zero-order valence-corrected chi connectivity index (χ0v) is 10.7. The number of nitro benzene ring substituents is 1. The van der Waals surface area contributed by atoms with Gasteiger partial charge in [-0.2, -0.15) is 0 Å². The normalized spacial score (nSPS) is 11.7. The van der Waals surface area contributed by atoms with Crippen LogP contribution in [0.4, 0.5) is 5.69 Å². The van der Waals surface area contributed by atoms with Gasteiger partial charge in [-0.15, -0.1) is 0 Å². The van der Waals surface area contributed by atoms with Crippen LogP contribution in [0, 0.1) is 10.1 Å². The third-order valence-corrected chi connectivity index (χ3v) is 2.60. The summed E-state index contributed by atoms with van der Waals surface area (Å²) < 4.78 is 4.97. The monoisotopic (exact) mass is 281 g/mol. The number of hydrogen-bond donors (Lipinski definition) is 1. The van der Waals surface area contributed by atoms with Crippen molar-refractivity contribution in [2.45, 2.75) is 25.4 Å². The van der Waals surface area contributed by atoms with Crippen molar-refractivity contribution in [3.8, 4) is 0 Å². The van der Waals surface area contributed by atoms with Crippen molar-refractivity contribution in [1.82, 2.24) is 0 Å². The Kier molecular flexibility index (Phi) is 6.31. The van der Waals surface area contributed by atoms with Crippen LogP contribution >= 0.6 is 0 Å². The quantitative estimate of drug-likeness (QED) is 0.254. The van der Waals surface area contributed by atoms with E-state index in [1.807, 2.05) is 0 Å². The molecule has 0 saturated heterocycles. The number of aldehydes is 1. The number of rotatable bonds is 8. The van der Waals surface area contributed by atoms with E-state index in [1.54, 1.807) is 0 Å². The number of nitro groups is 1. The summed E-state index contributed by atoms with van der Waals surface area (Å²) in [5, 5.41) is 19.4. The van der Waals surface area contributed by atoms with Crippen LogP contribution < -0.4 is 0 Å². The smallest absolute Gasteiger partial charge is 0.338 e. The van der Waals surface area contributed by atoms with Crippen LogP contribution in [0.1, 0.15) is 29.6 Å². The van der Waals surface area contributed by atoms with E-state index in [4.69, 9.17) is 9.84 Å². The van der Waals surface area contributed by atoms with E-state index in [-0.39, 0.29) is 17.9 Å². The van der Waals surface area contributed by atoms with E-state index in [2.05, 4.69) is 0 Å². The van der Waals surface area contributed by atoms with Crippen molar-refractivity contribution in [2.24, 2.45) is 0 Å². The van der Waals surface area contributed by atoms with E-state index in [0.717, 1.165) is 0 Å². The minimum atomic E-state index is -0.972. The molecule has 0 aliphatic carbocycles. The van der Waals surface area contributed by atoms with Crippen LogP contribution in [0.5, 0.6) is 0 Å². The average Bonchev–Trinajstić information content (AvgIpc) is 2.46. The number of hydrogen-bond acceptors (Lipinski definition) is 6. The molecule has 7 heteroatoms. The van der Waals surface area contributed by atoms with E-state index < -0.39 is 17.0 Å². The molecule has 0 saturated carbocycles. The summed E-state index contributed by atoms with van der Waals surface area (Å²) in [5.74, 6) is -0.559. The van der Waals surface area contributed by atoms with Crippen molar-refractivity contribution in [1.29, 1.82) is 0 Å². The Hall–Kier alpha value is -2.28. The van der Waals surface area contributed by atoms with Gasteiger partial charge in [0.05, 0.1) is 17.1 Å². The minimum absolute atomic E-state index is 0.0931. The van der Waals surface area contributed by atoms with Gasteiger partial charge in [-0.25, -0.2) is 4.79 Å². The lowest BCUT2D eigenvalue weighted by Gasteiger charge is -2.05. The molecule has 0 spiro atoms. The predicted molar refractivity (Wildman–Crippen MR) is 69.3 cm³/mol. The van der Waals surface area contributed by atoms with Gasteiger partial charge in [-0.05, 0) is 31.4 Å². The van der Waals surface area contributed by atoms with Crippen molar-refractivity contribution in [2.75, 3.05) is 6.61 Å². The lowest BCUT2D eigenvalue weighted by atomic mass is 10.2. The molecule has 0 heterocycles. The summed E-state index contributed by atoms with van der Waals surface area (Å²) in [6.45, 7) is 0.168. The number of carbonyl (C=O) groups excluding carboxylic acids is 2. The SMILES string of the molecule is O=C[C@@H](O)CCCCOC(=O)c1ccc([N+](=O)[O-])cc1. The second-order valence-corrected chi connectivity index (χ2v) is 4.14. The van der Waals surface area contributed by atoms with Gasteiger partial charge in [0.15, 0.2) is 0 Å². The number of benzene rings is 1. The van der Waals surface area contributed by atoms with Gasteiger partial charge < -0.3 is 14.6 Å². The molecular formula is C13H15NO6. The summed E-state index contributed by atoms with van der Waals surface area (Å²) in [7, 11) is 0. The summed E-state index contributed by atoms with van der Waals surface area (Å²) in [4.78, 5) is 31.6. The fourth-order valence-electron chi connectivity index (χ4n) is 1.49. The molecule has 0 unspecified atom stereocenters. The van der Waals surface area contributed by atoms with Crippen LogP contribution in [0.2, 0.25) is 0 Å². The molecule has 0 aliphatic heterocycles. The molecule has 1 rings (SSSR count). The molecule has 1 aromatic rings. The highest BCUT2D eigenvalue weighted by Gasteiger charge is 2.10. The molecule has 0 fully saturated rings. The molecule has 108 valence electrons. The van der Waals surface area contributed by atoms with E-state index in [9.17, 15) is 19.7 Å². The first-order chi connectivity index (χ1) is 9.54. The number of ether oxygens (including phenoxy) is 1. The molecule has 1 aromatic carbocycles. The molecule has 7 nitrogen and oxygen atoms in total. The average molecular weight is 281 g/mol. The van der Waals surface area contributed by atoms with E-state index >= 15 is 0 Å². The van der Waals surface area contributed by atoms with Crippen LogP contribution in [0.25, 0.3) is 0 Å². The third-order valence-electron chi connectivity index (χ3n) is 2.60. The van der Waals surface area contributed by atoms with Crippen molar-refractivity contribution in [3.05, 3.63) is 39.9 Å². The third kappa shape index (κ3) is 5.15. The largest absolute Gasteiger partial charge is 0.462 e. The lowest BCUT2D eigenvalue weighted by molar-refractivity contribution is -0.384. The maximum Gasteiger partial charge on any atom is 0.338 e. The molecular weight excluding hydrogens is 266 g/mol. The topological polar surface area (TPSA) is 107 Å². The maximum atomic E-state index is 11.6. The van der Waals surface area contributed by atoms with Crippen LogP contribution in [-0.4, -0.2) is 35.0 Å². The van der Waals surface area contributed by atoms with Crippen LogP contribution in [0.3, 0.4) is 0 Å². The second-order valence-electron chi connectivity index (χ2n) is 4.14. The first kappa shape index (κ1) is 15.8. The van der Waals surface area contributed by atoms with Gasteiger partial charge in [0.25, 0.3) is 5.69 Å². The maximum absolute atomic E-state index is 11.6. The van der Waals surface area contributed by atoms with Crippen LogP contribution in [0.15, 0.2) is 24.3 Å². The Morgan fingerprint density at radius 2 is 2.00 bits per heavy atom. The summed E-state index contributed by atoms with van der Waals surface area (Å²) in [6, 6.07) is 5.13. The Bertz CT molecular complexity index is 470. The highest BCUT2D eigenvalue weighted by molar-refractivity contribution is 5.89. The van der Waals surface area contributed by atoms with Gasteiger partial charge in [0.2, 0.25) is 0 Å². The van der Waals surface area contributed by atoms with Crippen molar-refractivity contribution in [3.63, 3.8) is 0 Å².